The molecule has 0 N–H and O–H groups in total. The Morgan fingerprint density at radius 1 is 1.10 bits per heavy atom. The smallest absolute Gasteiger partial charge is 0.254 e. The number of carbonyl (C=O) groups excluding carboxylic acids is 1. The van der Waals surface area contributed by atoms with Crippen LogP contribution in [0.5, 0.6) is 5.75 Å². The molecule has 2 aliphatic rings. The van der Waals surface area contributed by atoms with E-state index in [1.54, 1.807) is 30.2 Å². The van der Waals surface area contributed by atoms with Gasteiger partial charge in [0.05, 0.1) is 19.4 Å². The van der Waals surface area contributed by atoms with Gasteiger partial charge in [-0.05, 0) is 37.3 Å². The Labute approximate surface area is 173 Å². The van der Waals surface area contributed by atoms with Crippen molar-refractivity contribution in [2.75, 3.05) is 26.3 Å². The minimum absolute atomic E-state index is 0.0650. The van der Waals surface area contributed by atoms with Crippen molar-refractivity contribution in [1.29, 1.82) is 0 Å². The molecule has 0 unspecified atom stereocenters. The number of aromatic nitrogens is 2. The van der Waals surface area contributed by atoms with E-state index in [1.165, 1.54) is 0 Å². The van der Waals surface area contributed by atoms with Crippen LogP contribution in [0.2, 0.25) is 0 Å². The van der Waals surface area contributed by atoms with Crippen LogP contribution >= 0.6 is 0 Å². The molecule has 1 amide bonds. The third kappa shape index (κ3) is 3.76. The van der Waals surface area contributed by atoms with Crippen LogP contribution in [-0.2, 0) is 9.47 Å². The highest BCUT2D eigenvalue weighted by molar-refractivity contribution is 5.97. The average Bonchev–Trinajstić information content (AvgIpc) is 3.27. The van der Waals surface area contributed by atoms with Crippen molar-refractivity contribution >= 4 is 17.0 Å². The highest BCUT2D eigenvalue weighted by atomic mass is 16.6. The van der Waals surface area contributed by atoms with Crippen LogP contribution in [0.25, 0.3) is 11.1 Å². The van der Waals surface area contributed by atoms with Gasteiger partial charge in [-0.1, -0.05) is 0 Å². The Balaban J connectivity index is 1.21. The van der Waals surface area contributed by atoms with Crippen molar-refractivity contribution < 1.29 is 23.4 Å². The number of ether oxygens (including phenoxy) is 3. The molecular formula is C22H23N3O5. The molecule has 2 fully saturated rings. The van der Waals surface area contributed by atoms with Gasteiger partial charge in [-0.2, -0.15) is 0 Å². The third-order valence-corrected chi connectivity index (χ3v) is 5.42. The molecular weight excluding hydrogens is 386 g/mol. The SMILES string of the molecule is Cc1ccc(OC2CO[C@H]3CN(C(=O)c4ccc5nc(C)oc5c4)C[C@@H]3OC2)cn1. The molecule has 4 heterocycles. The first-order chi connectivity index (χ1) is 14.5. The number of aryl methyl sites for hydroxylation is 2. The highest BCUT2D eigenvalue weighted by Gasteiger charge is 2.40. The summed E-state index contributed by atoms with van der Waals surface area (Å²) in [6.07, 6.45) is 1.15. The van der Waals surface area contributed by atoms with Crippen molar-refractivity contribution in [3.8, 4) is 5.75 Å². The van der Waals surface area contributed by atoms with Crippen molar-refractivity contribution in [3.63, 3.8) is 0 Å². The van der Waals surface area contributed by atoms with E-state index in [0.717, 1.165) is 11.2 Å². The quantitative estimate of drug-likeness (QED) is 0.657. The predicted octanol–water partition coefficient (Wildman–Crippen LogP) is 2.53. The summed E-state index contributed by atoms with van der Waals surface area (Å²) in [6, 6.07) is 9.13. The molecule has 2 aromatic heterocycles. The van der Waals surface area contributed by atoms with Crippen molar-refractivity contribution in [1.82, 2.24) is 14.9 Å². The van der Waals surface area contributed by atoms with Gasteiger partial charge in [-0.3, -0.25) is 9.78 Å². The zero-order valence-corrected chi connectivity index (χ0v) is 16.9. The third-order valence-electron chi connectivity index (χ3n) is 5.42. The lowest BCUT2D eigenvalue weighted by atomic mass is 10.2. The van der Waals surface area contributed by atoms with Crippen molar-refractivity contribution in [2.24, 2.45) is 0 Å². The molecule has 0 bridgehead atoms. The Morgan fingerprint density at radius 3 is 2.57 bits per heavy atom. The molecule has 3 aromatic rings. The molecule has 8 heteroatoms. The van der Waals surface area contributed by atoms with Crippen LogP contribution in [0.15, 0.2) is 40.9 Å². The number of oxazole rings is 1. The first-order valence-corrected chi connectivity index (χ1v) is 10.0. The van der Waals surface area contributed by atoms with E-state index in [1.807, 2.05) is 25.1 Å². The number of nitrogens with zero attached hydrogens (tertiary/aromatic N) is 3. The molecule has 30 heavy (non-hydrogen) atoms. The second-order valence-electron chi connectivity index (χ2n) is 7.74. The fraction of sp³-hybridized carbons (Fsp3) is 0.409. The van der Waals surface area contributed by atoms with Gasteiger partial charge in [0.1, 0.15) is 29.6 Å². The van der Waals surface area contributed by atoms with Crippen molar-refractivity contribution in [3.05, 3.63) is 53.7 Å². The normalized spacial score (nSPS) is 22.1. The van der Waals surface area contributed by atoms with Gasteiger partial charge in [0, 0.05) is 31.3 Å². The summed E-state index contributed by atoms with van der Waals surface area (Å²) in [5, 5.41) is 0. The zero-order chi connectivity index (χ0) is 20.7. The Morgan fingerprint density at radius 2 is 1.87 bits per heavy atom. The van der Waals surface area contributed by atoms with Crippen LogP contribution in [0.1, 0.15) is 21.9 Å². The maximum atomic E-state index is 13.0. The summed E-state index contributed by atoms with van der Waals surface area (Å²) in [6.45, 7) is 5.49. The lowest BCUT2D eigenvalue weighted by Crippen LogP contribution is -2.32. The number of hydrogen-bond acceptors (Lipinski definition) is 7. The summed E-state index contributed by atoms with van der Waals surface area (Å²) in [4.78, 5) is 23.3. The molecule has 0 aliphatic carbocycles. The van der Waals surface area contributed by atoms with E-state index < -0.39 is 0 Å². The standard InChI is InChI=1S/C22H23N3O5/c1-13-3-5-16(8-23-13)30-17-11-27-20-9-25(10-21(20)28-12-17)22(26)15-4-6-18-19(7-15)29-14(2)24-18/h3-8,17,20-21H,9-12H2,1-2H3/t20-,21-/m0/s1. The second kappa shape index (κ2) is 7.70. The van der Waals surface area contributed by atoms with Gasteiger partial charge in [0.25, 0.3) is 5.91 Å². The lowest BCUT2D eigenvalue weighted by molar-refractivity contribution is -0.00461. The van der Waals surface area contributed by atoms with E-state index in [2.05, 4.69) is 9.97 Å². The van der Waals surface area contributed by atoms with Crippen LogP contribution in [0.3, 0.4) is 0 Å². The van der Waals surface area contributed by atoms with Crippen LogP contribution in [0.4, 0.5) is 0 Å². The van der Waals surface area contributed by atoms with Gasteiger partial charge < -0.3 is 23.5 Å². The number of hydrogen-bond donors (Lipinski definition) is 0. The minimum atomic E-state index is -0.207. The molecule has 0 spiro atoms. The number of amides is 1. The fourth-order valence-corrected chi connectivity index (χ4v) is 3.88. The summed E-state index contributed by atoms with van der Waals surface area (Å²) >= 11 is 0. The lowest BCUT2D eigenvalue weighted by Gasteiger charge is -2.19. The maximum Gasteiger partial charge on any atom is 0.254 e. The van der Waals surface area contributed by atoms with E-state index in [9.17, 15) is 4.79 Å². The van der Waals surface area contributed by atoms with Gasteiger partial charge in [0.2, 0.25) is 0 Å². The largest absolute Gasteiger partial charge is 0.484 e. The van der Waals surface area contributed by atoms with E-state index >= 15 is 0 Å². The van der Waals surface area contributed by atoms with Gasteiger partial charge >= 0.3 is 0 Å². The van der Waals surface area contributed by atoms with Gasteiger partial charge in [0.15, 0.2) is 11.5 Å². The number of benzene rings is 1. The number of fused-ring (bicyclic) bond motifs is 2. The molecule has 2 saturated heterocycles. The number of pyridine rings is 1. The van der Waals surface area contributed by atoms with E-state index in [0.29, 0.717) is 49.1 Å². The maximum absolute atomic E-state index is 13.0. The molecule has 0 radical (unpaired) electrons. The van der Waals surface area contributed by atoms with Crippen molar-refractivity contribution in [2.45, 2.75) is 32.2 Å². The Bertz CT molecular complexity index is 1050. The second-order valence-corrected chi connectivity index (χ2v) is 7.74. The summed E-state index contributed by atoms with van der Waals surface area (Å²) in [5.74, 6) is 1.21. The molecule has 0 saturated carbocycles. The van der Waals surface area contributed by atoms with Gasteiger partial charge in [-0.15, -0.1) is 0 Å². The number of likely N-dealkylation sites (tertiary alicyclic amines) is 1. The average molecular weight is 409 g/mol. The predicted molar refractivity (Wildman–Crippen MR) is 108 cm³/mol. The molecule has 156 valence electrons. The van der Waals surface area contributed by atoms with Crippen LogP contribution in [-0.4, -0.2) is 65.4 Å². The van der Waals surface area contributed by atoms with E-state index in [4.69, 9.17) is 18.6 Å². The molecule has 5 rings (SSSR count). The Kier molecular flexibility index (Phi) is 4.88. The van der Waals surface area contributed by atoms with E-state index in [-0.39, 0.29) is 24.2 Å². The zero-order valence-electron chi connectivity index (χ0n) is 16.9. The molecule has 2 atom stereocenters. The number of carbonyl (C=O) groups is 1. The topological polar surface area (TPSA) is 86.9 Å². The summed E-state index contributed by atoms with van der Waals surface area (Å²) < 4.78 is 23.5. The minimum Gasteiger partial charge on any atom is -0.484 e. The first kappa shape index (κ1) is 19.0. The van der Waals surface area contributed by atoms with Crippen LogP contribution in [0, 0.1) is 13.8 Å². The monoisotopic (exact) mass is 409 g/mol. The molecule has 1 aromatic carbocycles. The van der Waals surface area contributed by atoms with Crippen LogP contribution < -0.4 is 4.74 Å². The first-order valence-electron chi connectivity index (χ1n) is 10.0. The highest BCUT2D eigenvalue weighted by Crippen LogP contribution is 2.25. The Hall–Kier alpha value is -2.97. The molecule has 2 aliphatic heterocycles. The van der Waals surface area contributed by atoms with Gasteiger partial charge in [-0.25, -0.2) is 4.98 Å². The summed E-state index contributed by atoms with van der Waals surface area (Å²) in [7, 11) is 0. The summed E-state index contributed by atoms with van der Waals surface area (Å²) in [5.41, 5.74) is 2.87. The fourth-order valence-electron chi connectivity index (χ4n) is 3.88. The molecule has 8 nitrogen and oxygen atoms in total. The number of rotatable bonds is 3.